The molecule has 1 atom stereocenters. The van der Waals surface area contributed by atoms with Gasteiger partial charge in [0.2, 0.25) is 10.0 Å². The second-order valence-electron chi connectivity index (χ2n) is 4.14. The summed E-state index contributed by atoms with van der Waals surface area (Å²) >= 11 is 0. The Morgan fingerprint density at radius 2 is 1.88 bits per heavy atom. The summed E-state index contributed by atoms with van der Waals surface area (Å²) in [6.45, 7) is 5.17. The van der Waals surface area contributed by atoms with Crippen LogP contribution in [0.5, 0.6) is 0 Å². The summed E-state index contributed by atoms with van der Waals surface area (Å²) in [7, 11) is -3.59. The standard InChI is InChI=1S/C12H20N2O2S/c1-3-4-9-14-10(2)11-5-7-12(8-6-11)17(13,15)16/h5-8,10,14H,3-4,9H2,1-2H3,(H2,13,15,16). The Balaban J connectivity index is 2.67. The molecule has 4 nitrogen and oxygen atoms in total. The molecule has 5 heteroatoms. The number of hydrogen-bond donors (Lipinski definition) is 2. The van der Waals surface area contributed by atoms with E-state index >= 15 is 0 Å². The maximum Gasteiger partial charge on any atom is 0.238 e. The molecule has 17 heavy (non-hydrogen) atoms. The van der Waals surface area contributed by atoms with Crippen LogP contribution in [0.4, 0.5) is 0 Å². The number of nitrogens with two attached hydrogens (primary N) is 1. The van der Waals surface area contributed by atoms with Gasteiger partial charge >= 0.3 is 0 Å². The minimum atomic E-state index is -3.59. The SMILES string of the molecule is CCCCNC(C)c1ccc(S(N)(=O)=O)cc1. The fourth-order valence-corrected chi connectivity index (χ4v) is 2.07. The molecule has 1 unspecified atom stereocenters. The number of nitrogens with one attached hydrogen (secondary N) is 1. The number of primary sulfonamides is 1. The number of benzene rings is 1. The lowest BCUT2D eigenvalue weighted by atomic mass is 10.1. The van der Waals surface area contributed by atoms with Crippen LogP contribution in [-0.4, -0.2) is 15.0 Å². The average Bonchev–Trinajstić information content (AvgIpc) is 2.28. The second kappa shape index (κ2) is 6.14. The molecule has 0 aliphatic carbocycles. The highest BCUT2D eigenvalue weighted by atomic mass is 32.2. The lowest BCUT2D eigenvalue weighted by molar-refractivity contribution is 0.554. The van der Waals surface area contributed by atoms with E-state index in [1.54, 1.807) is 24.3 Å². The lowest BCUT2D eigenvalue weighted by Crippen LogP contribution is -2.20. The Labute approximate surface area is 103 Å². The predicted molar refractivity (Wildman–Crippen MR) is 69.1 cm³/mol. The van der Waals surface area contributed by atoms with Crippen LogP contribution in [0.2, 0.25) is 0 Å². The molecular formula is C12H20N2O2S. The summed E-state index contributed by atoms with van der Waals surface area (Å²) in [5, 5.41) is 8.42. The summed E-state index contributed by atoms with van der Waals surface area (Å²) in [5.74, 6) is 0. The van der Waals surface area contributed by atoms with Gasteiger partial charge in [-0.25, -0.2) is 13.6 Å². The van der Waals surface area contributed by atoms with E-state index in [9.17, 15) is 8.42 Å². The van der Waals surface area contributed by atoms with Crippen molar-refractivity contribution in [2.24, 2.45) is 5.14 Å². The third kappa shape index (κ3) is 4.46. The second-order valence-corrected chi connectivity index (χ2v) is 5.70. The molecule has 3 N–H and O–H groups in total. The van der Waals surface area contributed by atoms with Crippen molar-refractivity contribution in [3.05, 3.63) is 29.8 Å². The van der Waals surface area contributed by atoms with Crippen LogP contribution >= 0.6 is 0 Å². The van der Waals surface area contributed by atoms with Crippen LogP contribution in [0.25, 0.3) is 0 Å². The van der Waals surface area contributed by atoms with Gasteiger partial charge in [-0.1, -0.05) is 25.5 Å². The zero-order valence-electron chi connectivity index (χ0n) is 10.3. The molecule has 0 fully saturated rings. The van der Waals surface area contributed by atoms with Crippen molar-refractivity contribution in [3.63, 3.8) is 0 Å². The normalized spacial score (nSPS) is 13.6. The Bertz CT molecular complexity index is 440. The van der Waals surface area contributed by atoms with Crippen LogP contribution < -0.4 is 10.5 Å². The molecule has 1 aromatic rings. The highest BCUT2D eigenvalue weighted by Gasteiger charge is 2.09. The molecule has 0 amide bonds. The lowest BCUT2D eigenvalue weighted by Gasteiger charge is -2.14. The van der Waals surface area contributed by atoms with Crippen molar-refractivity contribution in [2.75, 3.05) is 6.54 Å². The summed E-state index contributed by atoms with van der Waals surface area (Å²) in [4.78, 5) is 0.155. The zero-order chi connectivity index (χ0) is 12.9. The van der Waals surface area contributed by atoms with Gasteiger partial charge in [-0.15, -0.1) is 0 Å². The largest absolute Gasteiger partial charge is 0.310 e. The van der Waals surface area contributed by atoms with Crippen LogP contribution in [0, 0.1) is 0 Å². The third-order valence-electron chi connectivity index (χ3n) is 2.69. The predicted octanol–water partition coefficient (Wildman–Crippen LogP) is 1.78. The molecule has 96 valence electrons. The number of sulfonamides is 1. The quantitative estimate of drug-likeness (QED) is 0.762. The summed E-state index contributed by atoms with van der Waals surface area (Å²) in [6.07, 6.45) is 2.30. The monoisotopic (exact) mass is 256 g/mol. The number of rotatable bonds is 6. The Morgan fingerprint density at radius 1 is 1.29 bits per heavy atom. The van der Waals surface area contributed by atoms with Crippen molar-refractivity contribution >= 4 is 10.0 Å². The maximum absolute atomic E-state index is 11.1. The van der Waals surface area contributed by atoms with Crippen LogP contribution in [0.1, 0.15) is 38.3 Å². The first-order valence-corrected chi connectivity index (χ1v) is 7.36. The first-order valence-electron chi connectivity index (χ1n) is 5.81. The van der Waals surface area contributed by atoms with Crippen molar-refractivity contribution in [1.82, 2.24) is 5.32 Å². The van der Waals surface area contributed by atoms with Gasteiger partial charge in [0, 0.05) is 6.04 Å². The van der Waals surface area contributed by atoms with Crippen LogP contribution in [0.3, 0.4) is 0 Å². The molecular weight excluding hydrogens is 236 g/mol. The first kappa shape index (κ1) is 14.2. The van der Waals surface area contributed by atoms with Gasteiger partial charge in [0.1, 0.15) is 0 Å². The Kier molecular flexibility index (Phi) is 5.11. The summed E-state index contributed by atoms with van der Waals surface area (Å²) < 4.78 is 22.2. The van der Waals surface area contributed by atoms with Gasteiger partial charge < -0.3 is 5.32 Å². The summed E-state index contributed by atoms with van der Waals surface area (Å²) in [5.41, 5.74) is 1.06. The van der Waals surface area contributed by atoms with E-state index in [-0.39, 0.29) is 10.9 Å². The minimum absolute atomic E-state index is 0.155. The molecule has 0 bridgehead atoms. The van der Waals surface area contributed by atoms with Crippen LogP contribution in [0.15, 0.2) is 29.2 Å². The van der Waals surface area contributed by atoms with E-state index in [1.807, 2.05) is 0 Å². The van der Waals surface area contributed by atoms with E-state index in [2.05, 4.69) is 19.2 Å². The van der Waals surface area contributed by atoms with Gasteiger partial charge in [0.05, 0.1) is 4.90 Å². The van der Waals surface area contributed by atoms with Gasteiger partial charge in [-0.2, -0.15) is 0 Å². The van der Waals surface area contributed by atoms with Crippen molar-refractivity contribution in [2.45, 2.75) is 37.6 Å². The van der Waals surface area contributed by atoms with E-state index in [0.29, 0.717) is 0 Å². The molecule has 1 rings (SSSR count). The fraction of sp³-hybridized carbons (Fsp3) is 0.500. The van der Waals surface area contributed by atoms with E-state index in [4.69, 9.17) is 5.14 Å². The fourth-order valence-electron chi connectivity index (χ4n) is 1.56. The first-order chi connectivity index (χ1) is 7.95. The van der Waals surface area contributed by atoms with Crippen molar-refractivity contribution in [1.29, 1.82) is 0 Å². The Morgan fingerprint density at radius 3 is 2.35 bits per heavy atom. The molecule has 0 radical (unpaired) electrons. The summed E-state index contributed by atoms with van der Waals surface area (Å²) in [6, 6.07) is 6.90. The molecule has 1 aromatic carbocycles. The number of hydrogen-bond acceptors (Lipinski definition) is 3. The molecule has 0 aliphatic heterocycles. The van der Waals surface area contributed by atoms with Crippen LogP contribution in [-0.2, 0) is 10.0 Å². The molecule has 0 spiro atoms. The highest BCUT2D eigenvalue weighted by molar-refractivity contribution is 7.89. The van der Waals surface area contributed by atoms with Crippen molar-refractivity contribution < 1.29 is 8.42 Å². The molecule has 0 saturated heterocycles. The van der Waals surface area contributed by atoms with Gasteiger partial charge in [-0.05, 0) is 37.6 Å². The zero-order valence-corrected chi connectivity index (χ0v) is 11.1. The molecule has 0 aliphatic rings. The number of unbranched alkanes of at least 4 members (excludes halogenated alkanes) is 1. The topological polar surface area (TPSA) is 72.2 Å². The van der Waals surface area contributed by atoms with E-state index < -0.39 is 10.0 Å². The molecule has 0 heterocycles. The smallest absolute Gasteiger partial charge is 0.238 e. The highest BCUT2D eigenvalue weighted by Crippen LogP contribution is 2.15. The van der Waals surface area contributed by atoms with E-state index in [1.165, 1.54) is 0 Å². The average molecular weight is 256 g/mol. The van der Waals surface area contributed by atoms with Gasteiger partial charge in [0.15, 0.2) is 0 Å². The van der Waals surface area contributed by atoms with E-state index in [0.717, 1.165) is 24.9 Å². The maximum atomic E-state index is 11.1. The minimum Gasteiger partial charge on any atom is -0.310 e. The third-order valence-corrected chi connectivity index (χ3v) is 3.62. The Hall–Kier alpha value is -0.910. The van der Waals surface area contributed by atoms with Gasteiger partial charge in [-0.3, -0.25) is 0 Å². The van der Waals surface area contributed by atoms with Crippen molar-refractivity contribution in [3.8, 4) is 0 Å². The molecule has 0 aromatic heterocycles. The van der Waals surface area contributed by atoms with Gasteiger partial charge in [0.25, 0.3) is 0 Å². The molecule has 0 saturated carbocycles.